The van der Waals surface area contributed by atoms with Gasteiger partial charge in [-0.2, -0.15) is 0 Å². The zero-order valence-electron chi connectivity index (χ0n) is 13.0. The molecule has 20 heavy (non-hydrogen) atoms. The molecule has 1 atom stereocenters. The quantitative estimate of drug-likeness (QED) is 0.889. The van der Waals surface area contributed by atoms with Gasteiger partial charge in [0.25, 0.3) is 0 Å². The summed E-state index contributed by atoms with van der Waals surface area (Å²) in [6.45, 7) is 11.8. The van der Waals surface area contributed by atoms with Crippen molar-refractivity contribution in [1.82, 2.24) is 10.3 Å². The smallest absolute Gasteiger partial charge is 0.0982 e. The number of aryl methyl sites for hydroxylation is 1. The number of hydrogen-bond acceptors (Lipinski definition) is 3. The van der Waals surface area contributed by atoms with Crippen LogP contribution in [-0.2, 0) is 12.0 Å². The van der Waals surface area contributed by atoms with E-state index in [0.717, 1.165) is 12.2 Å². The molecule has 0 spiro atoms. The number of benzene rings is 1. The lowest BCUT2D eigenvalue weighted by Gasteiger charge is -2.15. The highest BCUT2D eigenvalue weighted by Gasteiger charge is 2.18. The summed E-state index contributed by atoms with van der Waals surface area (Å²) < 4.78 is 0. The lowest BCUT2D eigenvalue weighted by Crippen LogP contribution is -2.19. The molecule has 0 radical (unpaired) electrons. The van der Waals surface area contributed by atoms with E-state index in [-0.39, 0.29) is 5.41 Å². The van der Waals surface area contributed by atoms with Gasteiger partial charge in [0.2, 0.25) is 0 Å². The second-order valence-corrected chi connectivity index (χ2v) is 7.27. The van der Waals surface area contributed by atoms with Gasteiger partial charge in [-0.05, 0) is 19.4 Å². The molecule has 0 saturated heterocycles. The summed E-state index contributed by atoms with van der Waals surface area (Å²) in [7, 11) is 0. The molecule has 1 aromatic carbocycles. The summed E-state index contributed by atoms with van der Waals surface area (Å²) in [5, 5.41) is 6.92. The maximum absolute atomic E-state index is 4.72. The summed E-state index contributed by atoms with van der Waals surface area (Å²) in [5.41, 5.74) is 3.92. The maximum Gasteiger partial charge on any atom is 0.0982 e. The van der Waals surface area contributed by atoms with Crippen LogP contribution in [0.5, 0.6) is 0 Å². The highest BCUT2D eigenvalue weighted by Crippen LogP contribution is 2.25. The molecule has 0 amide bonds. The van der Waals surface area contributed by atoms with E-state index in [9.17, 15) is 0 Å². The van der Waals surface area contributed by atoms with Crippen LogP contribution in [0.15, 0.2) is 29.6 Å². The van der Waals surface area contributed by atoms with Gasteiger partial charge >= 0.3 is 0 Å². The number of nitrogens with zero attached hydrogens (tertiary/aromatic N) is 1. The van der Waals surface area contributed by atoms with Crippen molar-refractivity contribution in [1.29, 1.82) is 0 Å². The molecule has 0 unspecified atom stereocenters. The maximum atomic E-state index is 4.72. The first-order valence-electron chi connectivity index (χ1n) is 7.11. The Balaban J connectivity index is 1.97. The third-order valence-corrected chi connectivity index (χ3v) is 4.64. The van der Waals surface area contributed by atoms with Gasteiger partial charge in [0.1, 0.15) is 0 Å². The van der Waals surface area contributed by atoms with Gasteiger partial charge < -0.3 is 5.32 Å². The normalized spacial score (nSPS) is 13.4. The van der Waals surface area contributed by atoms with Gasteiger partial charge in [-0.15, -0.1) is 11.3 Å². The summed E-state index contributed by atoms with van der Waals surface area (Å²) in [5.74, 6) is 0. The van der Waals surface area contributed by atoms with Gasteiger partial charge in [-0.25, -0.2) is 4.98 Å². The molecule has 0 fully saturated rings. The number of rotatable bonds is 4. The Morgan fingerprint density at radius 1 is 1.30 bits per heavy atom. The van der Waals surface area contributed by atoms with Crippen molar-refractivity contribution in [3.05, 3.63) is 51.5 Å². The van der Waals surface area contributed by atoms with Gasteiger partial charge in [0.05, 0.1) is 10.7 Å². The van der Waals surface area contributed by atoms with Crippen LogP contribution in [0.4, 0.5) is 0 Å². The minimum absolute atomic E-state index is 0.144. The first-order valence-corrected chi connectivity index (χ1v) is 7.99. The molecule has 1 heterocycles. The minimum Gasteiger partial charge on any atom is -0.305 e. The molecule has 0 saturated carbocycles. The van der Waals surface area contributed by atoms with E-state index in [2.05, 4.69) is 69.6 Å². The molecule has 0 aliphatic carbocycles. The van der Waals surface area contributed by atoms with E-state index < -0.39 is 0 Å². The third kappa shape index (κ3) is 3.90. The Morgan fingerprint density at radius 2 is 2.05 bits per heavy atom. The second kappa shape index (κ2) is 6.06. The standard InChI is InChI=1S/C17H24N2S/c1-12-7-6-8-14(9-12)13(2)18-10-15-11-20-16(19-15)17(3,4)5/h6-9,11,13,18H,10H2,1-5H3/t13-/m1/s1. The van der Waals surface area contributed by atoms with Crippen molar-refractivity contribution < 1.29 is 0 Å². The Hall–Kier alpha value is -1.19. The Morgan fingerprint density at radius 3 is 2.65 bits per heavy atom. The first-order chi connectivity index (χ1) is 9.36. The van der Waals surface area contributed by atoms with Crippen molar-refractivity contribution in [3.8, 4) is 0 Å². The van der Waals surface area contributed by atoms with E-state index in [1.165, 1.54) is 16.1 Å². The SMILES string of the molecule is Cc1cccc([C@@H](C)NCc2csc(C(C)(C)C)n2)c1. The predicted octanol–water partition coefficient (Wildman–Crippen LogP) is 4.60. The van der Waals surface area contributed by atoms with E-state index in [1.807, 2.05) is 0 Å². The van der Waals surface area contributed by atoms with Crippen LogP contribution < -0.4 is 5.32 Å². The molecule has 3 heteroatoms. The molecule has 1 aromatic heterocycles. The zero-order valence-corrected chi connectivity index (χ0v) is 13.8. The van der Waals surface area contributed by atoms with E-state index in [0.29, 0.717) is 6.04 Å². The lowest BCUT2D eigenvalue weighted by molar-refractivity contribution is 0.556. The monoisotopic (exact) mass is 288 g/mol. The predicted molar refractivity (Wildman–Crippen MR) is 87.2 cm³/mol. The Kier molecular flexibility index (Phi) is 4.61. The fourth-order valence-corrected chi connectivity index (χ4v) is 2.95. The summed E-state index contributed by atoms with van der Waals surface area (Å²) >= 11 is 1.76. The van der Waals surface area contributed by atoms with Gasteiger partial charge in [0, 0.05) is 23.4 Å². The number of aromatic nitrogens is 1. The van der Waals surface area contributed by atoms with Gasteiger partial charge in [0.15, 0.2) is 0 Å². The molecular weight excluding hydrogens is 264 g/mol. The topological polar surface area (TPSA) is 24.9 Å². The molecular formula is C17H24N2S. The highest BCUT2D eigenvalue weighted by atomic mass is 32.1. The summed E-state index contributed by atoms with van der Waals surface area (Å²) in [4.78, 5) is 4.72. The van der Waals surface area contributed by atoms with Crippen molar-refractivity contribution in [2.45, 2.75) is 52.6 Å². The van der Waals surface area contributed by atoms with Crippen LogP contribution in [0.3, 0.4) is 0 Å². The molecule has 108 valence electrons. The van der Waals surface area contributed by atoms with Crippen molar-refractivity contribution in [2.75, 3.05) is 0 Å². The van der Waals surface area contributed by atoms with Crippen LogP contribution in [0.25, 0.3) is 0 Å². The van der Waals surface area contributed by atoms with Crippen LogP contribution in [0, 0.1) is 6.92 Å². The third-order valence-electron chi connectivity index (χ3n) is 3.32. The molecule has 0 aliphatic heterocycles. The first kappa shape index (κ1) is 15.2. The van der Waals surface area contributed by atoms with Gasteiger partial charge in [-0.1, -0.05) is 50.6 Å². The molecule has 2 nitrogen and oxygen atoms in total. The van der Waals surface area contributed by atoms with Crippen molar-refractivity contribution in [2.24, 2.45) is 0 Å². The second-order valence-electron chi connectivity index (χ2n) is 6.41. The van der Waals surface area contributed by atoms with Crippen LogP contribution in [0.1, 0.15) is 55.6 Å². The average Bonchev–Trinajstić information content (AvgIpc) is 2.84. The van der Waals surface area contributed by atoms with E-state index >= 15 is 0 Å². The molecule has 0 aliphatic rings. The molecule has 1 N–H and O–H groups in total. The van der Waals surface area contributed by atoms with Crippen molar-refractivity contribution in [3.63, 3.8) is 0 Å². The fraction of sp³-hybridized carbons (Fsp3) is 0.471. The van der Waals surface area contributed by atoms with Gasteiger partial charge in [-0.3, -0.25) is 0 Å². The van der Waals surface area contributed by atoms with Crippen LogP contribution in [-0.4, -0.2) is 4.98 Å². The average molecular weight is 288 g/mol. The Labute approximate surface area is 126 Å². The van der Waals surface area contributed by atoms with Crippen LogP contribution in [0.2, 0.25) is 0 Å². The van der Waals surface area contributed by atoms with E-state index in [1.54, 1.807) is 11.3 Å². The molecule has 2 rings (SSSR count). The van der Waals surface area contributed by atoms with Crippen LogP contribution >= 0.6 is 11.3 Å². The highest BCUT2D eigenvalue weighted by molar-refractivity contribution is 7.09. The molecule has 2 aromatic rings. The largest absolute Gasteiger partial charge is 0.305 e. The number of thiazole rings is 1. The van der Waals surface area contributed by atoms with E-state index in [4.69, 9.17) is 4.98 Å². The summed E-state index contributed by atoms with van der Waals surface area (Å²) in [6, 6.07) is 9.00. The van der Waals surface area contributed by atoms with Crippen molar-refractivity contribution >= 4 is 11.3 Å². The molecule has 0 bridgehead atoms. The zero-order chi connectivity index (χ0) is 14.8. The lowest BCUT2D eigenvalue weighted by atomic mass is 9.98. The number of hydrogen-bond donors (Lipinski definition) is 1. The minimum atomic E-state index is 0.144. The fourth-order valence-electron chi connectivity index (χ4n) is 2.05. The number of nitrogens with one attached hydrogen (secondary N) is 1. The Bertz CT molecular complexity index is 566. The summed E-state index contributed by atoms with van der Waals surface area (Å²) in [6.07, 6.45) is 0.